The van der Waals surface area contributed by atoms with Gasteiger partial charge in [0.15, 0.2) is 0 Å². The van der Waals surface area contributed by atoms with Gasteiger partial charge in [0, 0.05) is 19.6 Å². The number of carbonyl (C=O) groups excluding carboxylic acids is 1. The number of nitrogens with one attached hydrogen (secondary N) is 2. The molecule has 0 saturated heterocycles. The molecule has 4 heteroatoms. The Morgan fingerprint density at radius 3 is 2.57 bits per heavy atom. The third-order valence-electron chi connectivity index (χ3n) is 1.91. The summed E-state index contributed by atoms with van der Waals surface area (Å²) in [6, 6.07) is 0. The Labute approximate surface area is 87.0 Å². The molecule has 0 rings (SSSR count). The van der Waals surface area contributed by atoms with E-state index in [9.17, 15) is 4.79 Å². The lowest BCUT2D eigenvalue weighted by molar-refractivity contribution is -0.121. The van der Waals surface area contributed by atoms with Gasteiger partial charge in [-0.1, -0.05) is 13.8 Å². The van der Waals surface area contributed by atoms with Gasteiger partial charge in [-0.3, -0.25) is 9.69 Å². The second-order valence-corrected chi connectivity index (χ2v) is 3.44. The molecule has 14 heavy (non-hydrogen) atoms. The van der Waals surface area contributed by atoms with Crippen LogP contribution in [0.15, 0.2) is 0 Å². The maximum Gasteiger partial charge on any atom is 0.234 e. The minimum atomic E-state index is 0.117. The van der Waals surface area contributed by atoms with E-state index in [1.54, 1.807) is 0 Å². The van der Waals surface area contributed by atoms with Gasteiger partial charge in [-0.15, -0.1) is 0 Å². The molecule has 0 aromatic heterocycles. The summed E-state index contributed by atoms with van der Waals surface area (Å²) in [6.07, 6.45) is 0.993. The first-order valence-corrected chi connectivity index (χ1v) is 5.36. The van der Waals surface area contributed by atoms with Crippen molar-refractivity contribution >= 4 is 5.91 Å². The third kappa shape index (κ3) is 8.01. The topological polar surface area (TPSA) is 44.4 Å². The standard InChI is InChI=1S/C10H23N3O/c1-4-6-12-10(14)9-13(3)8-7-11-5-2/h11H,4-9H2,1-3H3,(H,12,14). The van der Waals surface area contributed by atoms with Crippen molar-refractivity contribution in [1.29, 1.82) is 0 Å². The fraction of sp³-hybridized carbons (Fsp3) is 0.900. The molecule has 2 N–H and O–H groups in total. The van der Waals surface area contributed by atoms with E-state index < -0.39 is 0 Å². The zero-order valence-corrected chi connectivity index (χ0v) is 9.60. The maximum atomic E-state index is 11.3. The van der Waals surface area contributed by atoms with Gasteiger partial charge in [0.25, 0.3) is 0 Å². The molecule has 1 amide bonds. The van der Waals surface area contributed by atoms with Crippen LogP contribution < -0.4 is 10.6 Å². The van der Waals surface area contributed by atoms with Crippen LogP contribution in [0.25, 0.3) is 0 Å². The molecule has 0 heterocycles. The van der Waals surface area contributed by atoms with Crippen molar-refractivity contribution in [2.45, 2.75) is 20.3 Å². The van der Waals surface area contributed by atoms with Crippen LogP contribution >= 0.6 is 0 Å². The van der Waals surface area contributed by atoms with E-state index in [4.69, 9.17) is 0 Å². The minimum absolute atomic E-state index is 0.117. The number of hydrogen-bond acceptors (Lipinski definition) is 3. The van der Waals surface area contributed by atoms with E-state index in [0.717, 1.165) is 32.6 Å². The van der Waals surface area contributed by atoms with Gasteiger partial charge < -0.3 is 10.6 Å². The highest BCUT2D eigenvalue weighted by Crippen LogP contribution is 1.81. The maximum absolute atomic E-state index is 11.3. The molecule has 0 atom stereocenters. The van der Waals surface area contributed by atoms with Gasteiger partial charge in [-0.25, -0.2) is 0 Å². The van der Waals surface area contributed by atoms with Crippen molar-refractivity contribution in [3.63, 3.8) is 0 Å². The highest BCUT2D eigenvalue weighted by Gasteiger charge is 2.04. The van der Waals surface area contributed by atoms with Crippen molar-refractivity contribution in [1.82, 2.24) is 15.5 Å². The SMILES string of the molecule is CCCNC(=O)CN(C)CCNCC. The molecule has 0 radical (unpaired) electrons. The summed E-state index contributed by atoms with van der Waals surface area (Å²) in [6.45, 7) is 8.23. The number of nitrogens with zero attached hydrogens (tertiary/aromatic N) is 1. The van der Waals surface area contributed by atoms with E-state index in [1.807, 2.05) is 11.9 Å². The van der Waals surface area contributed by atoms with E-state index >= 15 is 0 Å². The van der Waals surface area contributed by atoms with E-state index in [2.05, 4.69) is 24.5 Å². The fourth-order valence-electron chi connectivity index (χ4n) is 1.09. The zero-order chi connectivity index (χ0) is 10.8. The molecular formula is C10H23N3O. The van der Waals surface area contributed by atoms with Gasteiger partial charge in [-0.05, 0) is 20.0 Å². The highest BCUT2D eigenvalue weighted by molar-refractivity contribution is 5.77. The first-order chi connectivity index (χ1) is 6.70. The molecule has 0 aliphatic carbocycles. The summed E-state index contributed by atoms with van der Waals surface area (Å²) in [5.41, 5.74) is 0. The van der Waals surface area contributed by atoms with Gasteiger partial charge in [0.1, 0.15) is 0 Å². The molecule has 0 bridgehead atoms. The molecular weight excluding hydrogens is 178 g/mol. The molecule has 4 nitrogen and oxygen atoms in total. The van der Waals surface area contributed by atoms with Crippen LogP contribution in [0.2, 0.25) is 0 Å². The first kappa shape index (κ1) is 13.4. The number of hydrogen-bond donors (Lipinski definition) is 2. The number of rotatable bonds is 8. The van der Waals surface area contributed by atoms with Crippen LogP contribution in [0.5, 0.6) is 0 Å². The van der Waals surface area contributed by atoms with Crippen LogP contribution in [0.3, 0.4) is 0 Å². The Balaban J connectivity index is 3.40. The zero-order valence-electron chi connectivity index (χ0n) is 9.60. The Bertz CT molecular complexity index is 150. The molecule has 0 aromatic rings. The Hall–Kier alpha value is -0.610. The lowest BCUT2D eigenvalue weighted by Crippen LogP contribution is -2.38. The number of likely N-dealkylation sites (N-methyl/N-ethyl adjacent to an activating group) is 2. The van der Waals surface area contributed by atoms with Crippen LogP contribution in [0.4, 0.5) is 0 Å². The van der Waals surface area contributed by atoms with Gasteiger partial charge in [0.2, 0.25) is 5.91 Å². The second kappa shape index (κ2) is 8.97. The van der Waals surface area contributed by atoms with Crippen molar-refractivity contribution in [3.8, 4) is 0 Å². The van der Waals surface area contributed by atoms with Crippen molar-refractivity contribution in [2.24, 2.45) is 0 Å². The average molecular weight is 201 g/mol. The predicted octanol–water partition coefficient (Wildman–Crippen LogP) is 0.0539. The quantitative estimate of drug-likeness (QED) is 0.546. The first-order valence-electron chi connectivity index (χ1n) is 5.36. The van der Waals surface area contributed by atoms with Crippen molar-refractivity contribution < 1.29 is 4.79 Å². The second-order valence-electron chi connectivity index (χ2n) is 3.44. The fourth-order valence-corrected chi connectivity index (χ4v) is 1.09. The Morgan fingerprint density at radius 1 is 1.29 bits per heavy atom. The molecule has 84 valence electrons. The lowest BCUT2D eigenvalue weighted by Gasteiger charge is -2.15. The van der Waals surface area contributed by atoms with E-state index in [1.165, 1.54) is 0 Å². The van der Waals surface area contributed by atoms with Crippen molar-refractivity contribution in [3.05, 3.63) is 0 Å². The summed E-state index contributed by atoms with van der Waals surface area (Å²) in [4.78, 5) is 13.3. The van der Waals surface area contributed by atoms with Crippen LogP contribution in [0.1, 0.15) is 20.3 Å². The third-order valence-corrected chi connectivity index (χ3v) is 1.91. The van der Waals surface area contributed by atoms with Crippen LogP contribution in [-0.4, -0.2) is 50.6 Å². The van der Waals surface area contributed by atoms with Crippen molar-refractivity contribution in [2.75, 3.05) is 39.8 Å². The smallest absolute Gasteiger partial charge is 0.234 e. The normalized spacial score (nSPS) is 10.6. The minimum Gasteiger partial charge on any atom is -0.355 e. The summed E-state index contributed by atoms with van der Waals surface area (Å²) >= 11 is 0. The molecule has 0 aromatic carbocycles. The van der Waals surface area contributed by atoms with E-state index in [0.29, 0.717) is 6.54 Å². The lowest BCUT2D eigenvalue weighted by atomic mass is 10.4. The van der Waals surface area contributed by atoms with Crippen LogP contribution in [0, 0.1) is 0 Å². The Morgan fingerprint density at radius 2 is 2.00 bits per heavy atom. The highest BCUT2D eigenvalue weighted by atomic mass is 16.2. The Kier molecular flexibility index (Phi) is 8.57. The van der Waals surface area contributed by atoms with Gasteiger partial charge in [-0.2, -0.15) is 0 Å². The molecule has 0 aliphatic heterocycles. The molecule has 0 fully saturated rings. The average Bonchev–Trinajstić information content (AvgIpc) is 2.15. The van der Waals surface area contributed by atoms with E-state index in [-0.39, 0.29) is 5.91 Å². The van der Waals surface area contributed by atoms with Crippen LogP contribution in [-0.2, 0) is 4.79 Å². The predicted molar refractivity (Wildman–Crippen MR) is 59.3 cm³/mol. The molecule has 0 aliphatic rings. The van der Waals surface area contributed by atoms with Gasteiger partial charge >= 0.3 is 0 Å². The summed E-state index contributed by atoms with van der Waals surface area (Å²) < 4.78 is 0. The monoisotopic (exact) mass is 201 g/mol. The summed E-state index contributed by atoms with van der Waals surface area (Å²) in [5, 5.41) is 6.07. The summed E-state index contributed by atoms with van der Waals surface area (Å²) in [7, 11) is 1.96. The van der Waals surface area contributed by atoms with Gasteiger partial charge in [0.05, 0.1) is 6.54 Å². The molecule has 0 spiro atoms. The largest absolute Gasteiger partial charge is 0.355 e. The number of carbonyl (C=O) groups is 1. The molecule has 0 unspecified atom stereocenters. The molecule has 0 saturated carbocycles. The number of amides is 1. The summed E-state index contributed by atoms with van der Waals surface area (Å²) in [5.74, 6) is 0.117.